The van der Waals surface area contributed by atoms with Gasteiger partial charge < -0.3 is 20.1 Å². The summed E-state index contributed by atoms with van der Waals surface area (Å²) in [5.41, 5.74) is 1.21. The molecule has 178 valence electrons. The third kappa shape index (κ3) is 7.30. The van der Waals surface area contributed by atoms with Crippen molar-refractivity contribution >= 4 is 56.8 Å². The highest BCUT2D eigenvalue weighted by molar-refractivity contribution is 9.10. The second-order valence-corrected chi connectivity index (χ2v) is 8.30. The quantitative estimate of drug-likeness (QED) is 0.268. The average Bonchev–Trinajstić information content (AvgIpc) is 2.82. The van der Waals surface area contributed by atoms with Crippen LogP contribution in [-0.2, 0) is 9.59 Å². The fourth-order valence-corrected chi connectivity index (χ4v) is 3.68. The molecule has 0 aromatic heterocycles. The van der Waals surface area contributed by atoms with E-state index in [0.717, 1.165) is 0 Å². The standard InChI is InChI=1S/C25H18BrClFN3O4/c1-34-22-11-15(9-16(13-29)25(33)31-20-4-2-3-17(27)12-20)10-21(26)24(22)35-14-23(32)30-19-7-5-18(28)6-8-19/h2-12H,14H2,1H3,(H,30,32)(H,31,33)/b16-9-. The molecule has 3 rings (SSSR count). The summed E-state index contributed by atoms with van der Waals surface area (Å²) in [6, 6.07) is 16.9. The maximum Gasteiger partial charge on any atom is 0.266 e. The van der Waals surface area contributed by atoms with Gasteiger partial charge >= 0.3 is 0 Å². The maximum atomic E-state index is 13.0. The normalized spacial score (nSPS) is 10.8. The number of amides is 2. The van der Waals surface area contributed by atoms with Crippen molar-refractivity contribution in [3.8, 4) is 17.6 Å². The van der Waals surface area contributed by atoms with Gasteiger partial charge in [-0.15, -0.1) is 0 Å². The van der Waals surface area contributed by atoms with Gasteiger partial charge in [-0.3, -0.25) is 9.59 Å². The van der Waals surface area contributed by atoms with Gasteiger partial charge in [0.05, 0.1) is 11.6 Å². The first-order valence-corrected chi connectivity index (χ1v) is 11.2. The van der Waals surface area contributed by atoms with Gasteiger partial charge in [0.1, 0.15) is 17.5 Å². The van der Waals surface area contributed by atoms with E-state index in [-0.39, 0.29) is 23.7 Å². The molecular formula is C25H18BrClFN3O4. The molecule has 0 radical (unpaired) electrons. The molecule has 0 bridgehead atoms. The van der Waals surface area contributed by atoms with Gasteiger partial charge in [-0.25, -0.2) is 4.39 Å². The van der Waals surface area contributed by atoms with E-state index in [1.54, 1.807) is 36.4 Å². The summed E-state index contributed by atoms with van der Waals surface area (Å²) in [5, 5.41) is 15.1. The molecule has 3 aromatic carbocycles. The summed E-state index contributed by atoms with van der Waals surface area (Å²) < 4.78 is 24.4. The fraction of sp³-hybridized carbons (Fsp3) is 0.0800. The van der Waals surface area contributed by atoms with Gasteiger partial charge in [0.15, 0.2) is 18.1 Å². The molecule has 3 aromatic rings. The third-order valence-corrected chi connectivity index (χ3v) is 5.31. The number of nitriles is 1. The number of carbonyl (C=O) groups excluding carboxylic acids is 2. The van der Waals surface area contributed by atoms with Crippen molar-refractivity contribution in [3.63, 3.8) is 0 Å². The number of hydrogen-bond donors (Lipinski definition) is 2. The minimum atomic E-state index is -0.609. The number of benzene rings is 3. The topological polar surface area (TPSA) is 100 Å². The molecule has 0 unspecified atom stereocenters. The zero-order valence-electron chi connectivity index (χ0n) is 18.3. The molecule has 0 atom stereocenters. The molecule has 35 heavy (non-hydrogen) atoms. The van der Waals surface area contributed by atoms with Crippen LogP contribution in [0.3, 0.4) is 0 Å². The lowest BCUT2D eigenvalue weighted by Crippen LogP contribution is -2.20. The van der Waals surface area contributed by atoms with Gasteiger partial charge in [-0.05, 0) is 82.2 Å². The Hall–Kier alpha value is -3.87. The Bertz CT molecular complexity index is 1320. The van der Waals surface area contributed by atoms with E-state index >= 15 is 0 Å². The number of carbonyl (C=O) groups is 2. The monoisotopic (exact) mass is 557 g/mol. The number of nitrogens with one attached hydrogen (secondary N) is 2. The van der Waals surface area contributed by atoms with Crippen LogP contribution in [0.2, 0.25) is 5.02 Å². The van der Waals surface area contributed by atoms with Crippen LogP contribution >= 0.6 is 27.5 Å². The van der Waals surface area contributed by atoms with Crippen LogP contribution in [0.15, 0.2) is 70.7 Å². The highest BCUT2D eigenvalue weighted by atomic mass is 79.9. The van der Waals surface area contributed by atoms with E-state index in [4.69, 9.17) is 21.1 Å². The Kier molecular flexibility index (Phi) is 8.84. The lowest BCUT2D eigenvalue weighted by molar-refractivity contribution is -0.118. The van der Waals surface area contributed by atoms with Crippen molar-refractivity contribution in [2.75, 3.05) is 24.4 Å². The van der Waals surface area contributed by atoms with Crippen LogP contribution in [0.5, 0.6) is 11.5 Å². The van der Waals surface area contributed by atoms with Crippen LogP contribution in [0, 0.1) is 17.1 Å². The van der Waals surface area contributed by atoms with Gasteiger partial charge in [-0.1, -0.05) is 17.7 Å². The minimum Gasteiger partial charge on any atom is -0.493 e. The molecule has 0 aliphatic carbocycles. The first-order valence-electron chi connectivity index (χ1n) is 10.0. The Morgan fingerprint density at radius 2 is 1.86 bits per heavy atom. The van der Waals surface area contributed by atoms with E-state index < -0.39 is 17.6 Å². The van der Waals surface area contributed by atoms with Crippen LogP contribution in [-0.4, -0.2) is 25.5 Å². The van der Waals surface area contributed by atoms with Gasteiger partial charge in [0, 0.05) is 16.4 Å². The van der Waals surface area contributed by atoms with Gasteiger partial charge in [-0.2, -0.15) is 5.26 Å². The van der Waals surface area contributed by atoms with Crippen molar-refractivity contribution in [3.05, 3.63) is 87.1 Å². The summed E-state index contributed by atoms with van der Waals surface area (Å²) in [5.74, 6) is -0.960. The number of methoxy groups -OCH3 is 1. The van der Waals surface area contributed by atoms with E-state index in [2.05, 4.69) is 26.6 Å². The molecule has 7 nitrogen and oxygen atoms in total. The fourth-order valence-electron chi connectivity index (χ4n) is 2.91. The van der Waals surface area contributed by atoms with Gasteiger partial charge in [0.25, 0.3) is 11.8 Å². The van der Waals surface area contributed by atoms with E-state index in [9.17, 15) is 19.2 Å². The lowest BCUT2D eigenvalue weighted by atomic mass is 10.1. The zero-order valence-corrected chi connectivity index (χ0v) is 20.6. The largest absolute Gasteiger partial charge is 0.493 e. The molecule has 0 saturated carbocycles. The van der Waals surface area contributed by atoms with E-state index in [1.165, 1.54) is 37.5 Å². The van der Waals surface area contributed by atoms with Crippen molar-refractivity contribution in [2.24, 2.45) is 0 Å². The summed E-state index contributed by atoms with van der Waals surface area (Å²) in [6.45, 7) is -0.340. The number of nitrogens with zero attached hydrogens (tertiary/aromatic N) is 1. The molecule has 0 aliphatic rings. The summed E-state index contributed by atoms with van der Waals surface area (Å²) in [4.78, 5) is 24.7. The molecule has 0 saturated heterocycles. The van der Waals surface area contributed by atoms with Crippen molar-refractivity contribution < 1.29 is 23.5 Å². The summed E-state index contributed by atoms with van der Waals surface area (Å²) in [6.07, 6.45) is 1.39. The smallest absolute Gasteiger partial charge is 0.266 e. The summed E-state index contributed by atoms with van der Waals surface area (Å²) >= 11 is 9.30. The molecular weight excluding hydrogens is 541 g/mol. The molecule has 2 N–H and O–H groups in total. The molecule has 0 aliphatic heterocycles. The second-order valence-electron chi connectivity index (χ2n) is 7.01. The maximum absolute atomic E-state index is 13.0. The first-order chi connectivity index (χ1) is 16.8. The predicted octanol–water partition coefficient (Wildman–Crippen LogP) is 5.81. The molecule has 0 heterocycles. The number of hydrogen-bond acceptors (Lipinski definition) is 5. The van der Waals surface area contributed by atoms with Crippen molar-refractivity contribution in [1.29, 1.82) is 5.26 Å². The SMILES string of the molecule is COc1cc(/C=C(/C#N)C(=O)Nc2cccc(Cl)c2)cc(Br)c1OCC(=O)Nc1ccc(F)cc1. The van der Waals surface area contributed by atoms with Crippen LogP contribution in [0.25, 0.3) is 6.08 Å². The number of anilines is 2. The molecule has 2 amide bonds. The summed E-state index contributed by atoms with van der Waals surface area (Å²) in [7, 11) is 1.41. The number of rotatable bonds is 8. The molecule has 10 heteroatoms. The van der Waals surface area contributed by atoms with E-state index in [1.807, 2.05) is 6.07 Å². The first kappa shape index (κ1) is 25.7. The highest BCUT2D eigenvalue weighted by Crippen LogP contribution is 2.37. The Morgan fingerprint density at radius 1 is 1.11 bits per heavy atom. The minimum absolute atomic E-state index is 0.147. The Morgan fingerprint density at radius 3 is 2.51 bits per heavy atom. The Balaban J connectivity index is 1.73. The Labute approximate surface area is 214 Å². The number of ether oxygens (including phenoxy) is 2. The van der Waals surface area contributed by atoms with E-state index in [0.29, 0.717) is 26.4 Å². The second kappa shape index (κ2) is 12.0. The number of halogens is 3. The van der Waals surface area contributed by atoms with Crippen LogP contribution in [0.1, 0.15) is 5.56 Å². The van der Waals surface area contributed by atoms with Crippen molar-refractivity contribution in [2.45, 2.75) is 0 Å². The van der Waals surface area contributed by atoms with Crippen LogP contribution < -0.4 is 20.1 Å². The molecule has 0 spiro atoms. The average molecular weight is 559 g/mol. The highest BCUT2D eigenvalue weighted by Gasteiger charge is 2.15. The molecule has 0 fully saturated rings. The van der Waals surface area contributed by atoms with Crippen molar-refractivity contribution in [1.82, 2.24) is 0 Å². The van der Waals surface area contributed by atoms with Gasteiger partial charge in [0.2, 0.25) is 0 Å². The predicted molar refractivity (Wildman–Crippen MR) is 135 cm³/mol. The zero-order chi connectivity index (χ0) is 25.4. The lowest BCUT2D eigenvalue weighted by Gasteiger charge is -2.14. The third-order valence-electron chi connectivity index (χ3n) is 4.49. The van der Waals surface area contributed by atoms with Crippen LogP contribution in [0.4, 0.5) is 15.8 Å².